The van der Waals surface area contributed by atoms with Gasteiger partial charge in [0.1, 0.15) is 0 Å². The summed E-state index contributed by atoms with van der Waals surface area (Å²) in [4.78, 5) is 0. The van der Waals surface area contributed by atoms with Crippen LogP contribution in [0.1, 0.15) is 39.5 Å². The standard InChI is InChI=1S/C11H23NOS/c1-3-12-10-4-5-11(8-10)14-9(2)6-7-13/h9-13H,3-8H2,1-2H3. The van der Waals surface area contributed by atoms with Crippen molar-refractivity contribution in [2.75, 3.05) is 13.2 Å². The van der Waals surface area contributed by atoms with Crippen LogP contribution in [0.5, 0.6) is 0 Å². The van der Waals surface area contributed by atoms with Crippen LogP contribution >= 0.6 is 11.8 Å². The van der Waals surface area contributed by atoms with Crippen LogP contribution in [0.2, 0.25) is 0 Å². The van der Waals surface area contributed by atoms with Crippen molar-refractivity contribution in [2.24, 2.45) is 0 Å². The Bertz CT molecular complexity index is 154. The van der Waals surface area contributed by atoms with Gasteiger partial charge in [0.2, 0.25) is 0 Å². The van der Waals surface area contributed by atoms with Crippen molar-refractivity contribution in [3.8, 4) is 0 Å². The van der Waals surface area contributed by atoms with E-state index < -0.39 is 0 Å². The molecule has 0 aromatic carbocycles. The molecule has 0 saturated heterocycles. The van der Waals surface area contributed by atoms with E-state index in [4.69, 9.17) is 5.11 Å². The third-order valence-electron chi connectivity index (χ3n) is 2.84. The topological polar surface area (TPSA) is 32.3 Å². The molecule has 3 atom stereocenters. The third kappa shape index (κ3) is 4.20. The maximum atomic E-state index is 8.82. The lowest BCUT2D eigenvalue weighted by atomic mass is 10.2. The number of hydrogen-bond donors (Lipinski definition) is 2. The minimum absolute atomic E-state index is 0.331. The van der Waals surface area contributed by atoms with Crippen molar-refractivity contribution < 1.29 is 5.11 Å². The van der Waals surface area contributed by atoms with E-state index in [2.05, 4.69) is 30.9 Å². The van der Waals surface area contributed by atoms with Gasteiger partial charge in [-0.05, 0) is 32.2 Å². The van der Waals surface area contributed by atoms with E-state index in [9.17, 15) is 0 Å². The predicted octanol–water partition coefficient (Wildman–Crippen LogP) is 2.02. The molecule has 0 aliphatic heterocycles. The number of aliphatic hydroxyl groups excluding tert-OH is 1. The Balaban J connectivity index is 2.15. The molecule has 1 fully saturated rings. The van der Waals surface area contributed by atoms with Crippen LogP contribution in [0.4, 0.5) is 0 Å². The molecule has 3 heteroatoms. The van der Waals surface area contributed by atoms with Crippen LogP contribution < -0.4 is 5.32 Å². The monoisotopic (exact) mass is 217 g/mol. The molecule has 1 aliphatic rings. The Kier molecular flexibility index (Phi) is 5.90. The van der Waals surface area contributed by atoms with Crippen LogP contribution in [-0.4, -0.2) is 34.8 Å². The zero-order valence-electron chi connectivity index (χ0n) is 9.33. The van der Waals surface area contributed by atoms with Crippen LogP contribution in [-0.2, 0) is 0 Å². The van der Waals surface area contributed by atoms with Gasteiger partial charge in [-0.3, -0.25) is 0 Å². The summed E-state index contributed by atoms with van der Waals surface area (Å²) in [5.74, 6) is 0. The first-order valence-corrected chi connectivity index (χ1v) is 6.70. The summed E-state index contributed by atoms with van der Waals surface area (Å²) in [5.41, 5.74) is 0. The molecule has 2 N–H and O–H groups in total. The van der Waals surface area contributed by atoms with Crippen LogP contribution in [0.15, 0.2) is 0 Å². The average Bonchev–Trinajstić information content (AvgIpc) is 2.53. The van der Waals surface area contributed by atoms with E-state index in [1.165, 1.54) is 19.3 Å². The maximum Gasteiger partial charge on any atom is 0.0441 e. The minimum atomic E-state index is 0.331. The SMILES string of the molecule is CCNC1CCC(SC(C)CCO)C1. The Hall–Kier alpha value is 0.270. The van der Waals surface area contributed by atoms with E-state index >= 15 is 0 Å². The molecule has 0 spiro atoms. The van der Waals surface area contributed by atoms with Crippen molar-refractivity contribution in [2.45, 2.75) is 56.1 Å². The lowest BCUT2D eigenvalue weighted by molar-refractivity contribution is 0.289. The van der Waals surface area contributed by atoms with Gasteiger partial charge in [-0.25, -0.2) is 0 Å². The first kappa shape index (κ1) is 12.3. The Morgan fingerprint density at radius 3 is 2.93 bits per heavy atom. The quantitative estimate of drug-likeness (QED) is 0.714. The van der Waals surface area contributed by atoms with Crippen molar-refractivity contribution in [3.05, 3.63) is 0 Å². The van der Waals surface area contributed by atoms with Gasteiger partial charge in [0.15, 0.2) is 0 Å². The molecular formula is C11H23NOS. The Labute approximate surface area is 91.9 Å². The summed E-state index contributed by atoms with van der Waals surface area (Å²) < 4.78 is 0. The van der Waals surface area contributed by atoms with Crippen LogP contribution in [0.25, 0.3) is 0 Å². The number of hydrogen-bond acceptors (Lipinski definition) is 3. The normalized spacial score (nSPS) is 29.4. The zero-order chi connectivity index (χ0) is 10.4. The molecule has 0 radical (unpaired) electrons. The molecule has 2 nitrogen and oxygen atoms in total. The summed E-state index contributed by atoms with van der Waals surface area (Å²) >= 11 is 2.06. The molecule has 3 unspecified atom stereocenters. The highest BCUT2D eigenvalue weighted by molar-refractivity contribution is 8.00. The van der Waals surface area contributed by atoms with Gasteiger partial charge in [0.25, 0.3) is 0 Å². The molecule has 1 rings (SSSR count). The highest BCUT2D eigenvalue weighted by atomic mass is 32.2. The van der Waals surface area contributed by atoms with Gasteiger partial charge < -0.3 is 10.4 Å². The summed E-state index contributed by atoms with van der Waals surface area (Å²) in [7, 11) is 0. The Morgan fingerprint density at radius 1 is 1.50 bits per heavy atom. The van der Waals surface area contributed by atoms with Crippen LogP contribution in [0.3, 0.4) is 0 Å². The van der Waals surface area contributed by atoms with E-state index in [0.29, 0.717) is 11.9 Å². The van der Waals surface area contributed by atoms with Crippen molar-refractivity contribution in [3.63, 3.8) is 0 Å². The van der Waals surface area contributed by atoms with Gasteiger partial charge in [-0.1, -0.05) is 13.8 Å². The molecule has 0 heterocycles. The highest BCUT2D eigenvalue weighted by Crippen LogP contribution is 2.33. The predicted molar refractivity (Wildman–Crippen MR) is 63.9 cm³/mol. The van der Waals surface area contributed by atoms with Gasteiger partial charge >= 0.3 is 0 Å². The fraction of sp³-hybridized carbons (Fsp3) is 1.00. The molecule has 0 amide bonds. The summed E-state index contributed by atoms with van der Waals surface area (Å²) in [6.45, 7) is 5.82. The fourth-order valence-corrected chi connectivity index (χ4v) is 3.63. The minimum Gasteiger partial charge on any atom is -0.396 e. The Morgan fingerprint density at radius 2 is 2.29 bits per heavy atom. The first-order chi connectivity index (χ1) is 6.76. The first-order valence-electron chi connectivity index (χ1n) is 5.76. The molecule has 0 bridgehead atoms. The highest BCUT2D eigenvalue weighted by Gasteiger charge is 2.25. The molecule has 1 aliphatic carbocycles. The molecule has 1 saturated carbocycles. The molecular weight excluding hydrogens is 194 g/mol. The van der Waals surface area contributed by atoms with Crippen molar-refractivity contribution >= 4 is 11.8 Å². The summed E-state index contributed by atoms with van der Waals surface area (Å²) in [5, 5.41) is 13.8. The lowest BCUT2D eigenvalue weighted by Gasteiger charge is -2.16. The van der Waals surface area contributed by atoms with Gasteiger partial charge in [-0.15, -0.1) is 0 Å². The van der Waals surface area contributed by atoms with E-state index in [1.54, 1.807) is 0 Å². The second-order valence-corrected chi connectivity index (χ2v) is 5.89. The van der Waals surface area contributed by atoms with E-state index in [1.807, 2.05) is 0 Å². The molecule has 84 valence electrons. The van der Waals surface area contributed by atoms with Gasteiger partial charge in [0.05, 0.1) is 0 Å². The largest absolute Gasteiger partial charge is 0.396 e. The van der Waals surface area contributed by atoms with Crippen molar-refractivity contribution in [1.29, 1.82) is 0 Å². The summed E-state index contributed by atoms with van der Waals surface area (Å²) in [6.07, 6.45) is 4.93. The van der Waals surface area contributed by atoms with E-state index in [0.717, 1.165) is 24.3 Å². The number of aliphatic hydroxyl groups is 1. The fourth-order valence-electron chi connectivity index (χ4n) is 2.12. The second kappa shape index (κ2) is 6.70. The number of rotatable bonds is 6. The van der Waals surface area contributed by atoms with Crippen molar-refractivity contribution in [1.82, 2.24) is 5.32 Å². The summed E-state index contributed by atoms with van der Waals surface area (Å²) in [6, 6.07) is 0.749. The molecule has 0 aromatic heterocycles. The van der Waals surface area contributed by atoms with E-state index in [-0.39, 0.29) is 0 Å². The maximum absolute atomic E-state index is 8.82. The smallest absolute Gasteiger partial charge is 0.0441 e. The zero-order valence-corrected chi connectivity index (χ0v) is 10.1. The average molecular weight is 217 g/mol. The number of thioether (sulfide) groups is 1. The van der Waals surface area contributed by atoms with Gasteiger partial charge in [0, 0.05) is 23.1 Å². The number of nitrogens with one attached hydrogen (secondary N) is 1. The van der Waals surface area contributed by atoms with Gasteiger partial charge in [-0.2, -0.15) is 11.8 Å². The third-order valence-corrected chi connectivity index (χ3v) is 4.35. The lowest BCUT2D eigenvalue weighted by Crippen LogP contribution is -2.26. The second-order valence-electron chi connectivity index (χ2n) is 4.15. The molecule has 14 heavy (non-hydrogen) atoms. The molecule has 0 aromatic rings. The van der Waals surface area contributed by atoms with Crippen LogP contribution in [0, 0.1) is 0 Å².